The Morgan fingerprint density at radius 2 is 1.89 bits per heavy atom. The molecular weight excluding hydrogens is 485 g/mol. The number of imidazole rings is 1. The van der Waals surface area contributed by atoms with E-state index in [-0.39, 0.29) is 24.0 Å². The van der Waals surface area contributed by atoms with Crippen molar-refractivity contribution in [3.8, 4) is 0 Å². The Morgan fingerprint density at radius 1 is 1.14 bits per heavy atom. The first-order valence-corrected chi connectivity index (χ1v) is 9.21. The number of rotatable bonds is 6. The summed E-state index contributed by atoms with van der Waals surface area (Å²) < 4.78 is 2.06. The van der Waals surface area contributed by atoms with E-state index in [0.717, 1.165) is 30.6 Å². The Morgan fingerprint density at radius 3 is 2.57 bits per heavy atom. The summed E-state index contributed by atoms with van der Waals surface area (Å²) in [7, 11) is 3.83. The Labute approximate surface area is 188 Å². The summed E-state index contributed by atoms with van der Waals surface area (Å²) in [6.07, 6.45) is 5.60. The van der Waals surface area contributed by atoms with Crippen LogP contribution in [0.5, 0.6) is 0 Å². The molecule has 0 fully saturated rings. The van der Waals surface area contributed by atoms with Gasteiger partial charge in [-0.05, 0) is 28.8 Å². The van der Waals surface area contributed by atoms with Gasteiger partial charge in [0, 0.05) is 51.1 Å². The molecule has 3 aromatic rings. The lowest BCUT2D eigenvalue weighted by atomic mass is 10.1. The number of halogens is 2. The van der Waals surface area contributed by atoms with Gasteiger partial charge in [-0.1, -0.05) is 48.0 Å². The van der Waals surface area contributed by atoms with Crippen molar-refractivity contribution in [2.24, 2.45) is 4.99 Å². The number of aliphatic imine (C=N–C) groups is 1. The van der Waals surface area contributed by atoms with Crippen molar-refractivity contribution in [2.45, 2.75) is 19.6 Å². The molecule has 28 heavy (non-hydrogen) atoms. The third-order valence-electron chi connectivity index (χ3n) is 4.27. The van der Waals surface area contributed by atoms with Gasteiger partial charge in [0.25, 0.3) is 0 Å². The van der Waals surface area contributed by atoms with Crippen LogP contribution >= 0.6 is 35.6 Å². The number of hydrogen-bond donors (Lipinski definition) is 1. The minimum Gasteiger partial charge on any atom is -0.352 e. The monoisotopic (exact) mass is 509 g/mol. The molecule has 1 aromatic heterocycles. The third-order valence-corrected chi connectivity index (χ3v) is 4.52. The van der Waals surface area contributed by atoms with Crippen molar-refractivity contribution in [3.05, 3.63) is 89.0 Å². The minimum atomic E-state index is 0. The van der Waals surface area contributed by atoms with Gasteiger partial charge in [0.1, 0.15) is 0 Å². The molecule has 0 spiro atoms. The first-order chi connectivity index (χ1) is 13.1. The van der Waals surface area contributed by atoms with E-state index in [1.807, 2.05) is 43.8 Å². The molecule has 0 aliphatic rings. The molecule has 1 heterocycles. The van der Waals surface area contributed by atoms with Crippen LogP contribution in [0.4, 0.5) is 0 Å². The van der Waals surface area contributed by atoms with Gasteiger partial charge in [0.2, 0.25) is 0 Å². The van der Waals surface area contributed by atoms with E-state index in [1.165, 1.54) is 16.7 Å². The van der Waals surface area contributed by atoms with Crippen LogP contribution in [-0.4, -0.2) is 34.5 Å². The molecular formula is C21H25ClIN5. The number of aromatic nitrogens is 2. The molecule has 0 saturated heterocycles. The highest BCUT2D eigenvalue weighted by Gasteiger charge is 2.07. The molecule has 0 amide bonds. The average Bonchev–Trinajstić information content (AvgIpc) is 3.17. The first-order valence-electron chi connectivity index (χ1n) is 8.84. The average molecular weight is 510 g/mol. The van der Waals surface area contributed by atoms with Gasteiger partial charge in [0.15, 0.2) is 5.96 Å². The van der Waals surface area contributed by atoms with Gasteiger partial charge in [-0.2, -0.15) is 0 Å². The molecule has 0 aliphatic carbocycles. The Kier molecular flexibility index (Phi) is 8.79. The second-order valence-corrected chi connectivity index (χ2v) is 6.87. The second kappa shape index (κ2) is 11.1. The van der Waals surface area contributed by atoms with Crippen LogP contribution in [0.25, 0.3) is 0 Å². The molecule has 148 valence electrons. The summed E-state index contributed by atoms with van der Waals surface area (Å²) in [4.78, 5) is 10.6. The molecule has 0 radical (unpaired) electrons. The van der Waals surface area contributed by atoms with E-state index in [4.69, 9.17) is 11.6 Å². The van der Waals surface area contributed by atoms with Crippen LogP contribution in [0.1, 0.15) is 16.7 Å². The zero-order valence-corrected chi connectivity index (χ0v) is 19.1. The quantitative estimate of drug-likeness (QED) is 0.304. The van der Waals surface area contributed by atoms with Crippen molar-refractivity contribution in [1.82, 2.24) is 19.8 Å². The fourth-order valence-corrected chi connectivity index (χ4v) is 3.06. The molecule has 0 bridgehead atoms. The van der Waals surface area contributed by atoms with Gasteiger partial charge < -0.3 is 14.8 Å². The molecule has 0 unspecified atom stereocenters. The maximum Gasteiger partial charge on any atom is 0.193 e. The van der Waals surface area contributed by atoms with Crippen LogP contribution in [0.15, 0.2) is 72.2 Å². The van der Waals surface area contributed by atoms with Gasteiger partial charge in [-0.15, -0.1) is 24.0 Å². The molecule has 1 N–H and O–H groups in total. The zero-order chi connectivity index (χ0) is 19.1. The van der Waals surface area contributed by atoms with E-state index >= 15 is 0 Å². The predicted molar refractivity (Wildman–Crippen MR) is 126 cm³/mol. The van der Waals surface area contributed by atoms with Crippen molar-refractivity contribution >= 4 is 41.5 Å². The highest BCUT2D eigenvalue weighted by atomic mass is 127. The number of benzene rings is 2. The highest BCUT2D eigenvalue weighted by molar-refractivity contribution is 14.0. The smallest absolute Gasteiger partial charge is 0.193 e. The SMILES string of the molecule is CN=C(NCc1cccc(Cn2ccnc2)c1)N(C)Cc1ccc(Cl)cc1.I. The van der Waals surface area contributed by atoms with E-state index in [2.05, 4.69) is 49.0 Å². The third kappa shape index (κ3) is 6.53. The van der Waals surface area contributed by atoms with Gasteiger partial charge in [-0.25, -0.2) is 4.98 Å². The Hall–Kier alpha value is -2.06. The van der Waals surface area contributed by atoms with Crippen LogP contribution < -0.4 is 5.32 Å². The summed E-state index contributed by atoms with van der Waals surface area (Å²) in [6.45, 7) is 2.30. The lowest BCUT2D eigenvalue weighted by Crippen LogP contribution is -2.38. The summed E-state index contributed by atoms with van der Waals surface area (Å²) in [6, 6.07) is 16.4. The normalized spacial score (nSPS) is 11.0. The molecule has 0 aliphatic heterocycles. The Bertz CT molecular complexity index is 878. The molecule has 7 heteroatoms. The van der Waals surface area contributed by atoms with E-state index in [1.54, 1.807) is 13.2 Å². The topological polar surface area (TPSA) is 45.5 Å². The summed E-state index contributed by atoms with van der Waals surface area (Å²) >= 11 is 5.96. The molecule has 0 saturated carbocycles. The van der Waals surface area contributed by atoms with E-state index < -0.39 is 0 Å². The van der Waals surface area contributed by atoms with Crippen LogP contribution in [-0.2, 0) is 19.6 Å². The van der Waals surface area contributed by atoms with Gasteiger partial charge >= 0.3 is 0 Å². The lowest BCUT2D eigenvalue weighted by molar-refractivity contribution is 0.476. The molecule has 3 rings (SSSR count). The highest BCUT2D eigenvalue weighted by Crippen LogP contribution is 2.11. The lowest BCUT2D eigenvalue weighted by Gasteiger charge is -2.22. The van der Waals surface area contributed by atoms with Crippen molar-refractivity contribution < 1.29 is 0 Å². The maximum atomic E-state index is 5.96. The minimum absolute atomic E-state index is 0. The van der Waals surface area contributed by atoms with Crippen LogP contribution in [0.3, 0.4) is 0 Å². The van der Waals surface area contributed by atoms with Gasteiger partial charge in [-0.3, -0.25) is 4.99 Å². The second-order valence-electron chi connectivity index (χ2n) is 6.44. The molecule has 2 aromatic carbocycles. The molecule has 0 atom stereocenters. The number of nitrogens with zero attached hydrogens (tertiary/aromatic N) is 4. The largest absolute Gasteiger partial charge is 0.352 e. The summed E-state index contributed by atoms with van der Waals surface area (Å²) in [5.74, 6) is 0.852. The van der Waals surface area contributed by atoms with E-state index in [0.29, 0.717) is 0 Å². The van der Waals surface area contributed by atoms with Crippen molar-refractivity contribution in [3.63, 3.8) is 0 Å². The predicted octanol–water partition coefficient (Wildman–Crippen LogP) is 4.41. The molecule has 5 nitrogen and oxygen atoms in total. The van der Waals surface area contributed by atoms with Crippen molar-refractivity contribution in [1.29, 1.82) is 0 Å². The Balaban J connectivity index is 0.00000280. The fraction of sp³-hybridized carbons (Fsp3) is 0.238. The van der Waals surface area contributed by atoms with Crippen molar-refractivity contribution in [2.75, 3.05) is 14.1 Å². The van der Waals surface area contributed by atoms with Gasteiger partial charge in [0.05, 0.1) is 6.33 Å². The number of hydrogen-bond acceptors (Lipinski definition) is 2. The van der Waals surface area contributed by atoms with Crippen LogP contribution in [0.2, 0.25) is 5.02 Å². The zero-order valence-electron chi connectivity index (χ0n) is 16.0. The van der Waals surface area contributed by atoms with Crippen LogP contribution in [0, 0.1) is 0 Å². The number of nitrogens with one attached hydrogen (secondary N) is 1. The first kappa shape index (κ1) is 22.2. The fourth-order valence-electron chi connectivity index (χ4n) is 2.93. The standard InChI is InChI=1S/C21H24ClN5.HI/c1-23-21(26(2)14-17-6-8-20(22)9-7-17)25-13-18-4-3-5-19(12-18)15-27-11-10-24-16-27;/h3-12,16H,13-15H2,1-2H3,(H,23,25);1H. The summed E-state index contributed by atoms with van der Waals surface area (Å²) in [5, 5.41) is 4.18. The van der Waals surface area contributed by atoms with E-state index in [9.17, 15) is 0 Å². The summed E-state index contributed by atoms with van der Waals surface area (Å²) in [5.41, 5.74) is 3.65. The maximum absolute atomic E-state index is 5.96. The number of guanidine groups is 1.